The Hall–Kier alpha value is -4.02. The number of thiophene rings is 3. The Labute approximate surface area is 296 Å². The van der Waals surface area contributed by atoms with Crippen LogP contribution in [-0.4, -0.2) is 18.8 Å². The third-order valence-electron chi connectivity index (χ3n) is 9.58. The Balaban J connectivity index is 1.14. The molecule has 1 aromatic carbocycles. The van der Waals surface area contributed by atoms with Crippen LogP contribution in [-0.2, 0) is 0 Å². The molecule has 7 aromatic heterocycles. The fourth-order valence-corrected chi connectivity index (χ4v) is 10.1. The van der Waals surface area contributed by atoms with Crippen LogP contribution in [0.25, 0.3) is 62.9 Å². The predicted molar refractivity (Wildman–Crippen MR) is 210 cm³/mol. The maximum absolute atomic E-state index is 14.2. The molecule has 0 aliphatic heterocycles. The summed E-state index contributed by atoms with van der Waals surface area (Å²) in [5.41, 5.74) is 2.60. The van der Waals surface area contributed by atoms with Gasteiger partial charge in [-0.05, 0) is 37.1 Å². The molecular formula is C40H38N4O2S3. The van der Waals surface area contributed by atoms with Crippen molar-refractivity contribution in [3.05, 3.63) is 54.7 Å². The molecule has 0 bridgehead atoms. The highest BCUT2D eigenvalue weighted by Crippen LogP contribution is 2.42. The molecule has 0 unspecified atom stereocenters. The first-order valence-electron chi connectivity index (χ1n) is 17.8. The van der Waals surface area contributed by atoms with E-state index in [1.54, 1.807) is 8.80 Å². The summed E-state index contributed by atoms with van der Waals surface area (Å²) in [4.78, 5) is 41.6. The molecule has 0 radical (unpaired) electrons. The van der Waals surface area contributed by atoms with Gasteiger partial charge in [-0.1, -0.05) is 102 Å². The van der Waals surface area contributed by atoms with Crippen molar-refractivity contribution < 1.29 is 0 Å². The summed E-state index contributed by atoms with van der Waals surface area (Å²) in [6, 6.07) is 7.85. The number of hydrogen-bond donors (Lipinski definition) is 0. The van der Waals surface area contributed by atoms with Crippen molar-refractivity contribution in [1.82, 2.24) is 18.8 Å². The predicted octanol–water partition coefficient (Wildman–Crippen LogP) is 10.7. The fraction of sp³-hybridized carbons (Fsp3) is 0.400. The van der Waals surface area contributed by atoms with Crippen molar-refractivity contribution >= 4 is 96.9 Å². The van der Waals surface area contributed by atoms with Gasteiger partial charge < -0.3 is 0 Å². The van der Waals surface area contributed by atoms with E-state index in [0.29, 0.717) is 21.4 Å². The molecule has 0 amide bonds. The molecular weight excluding hydrogens is 665 g/mol. The summed E-state index contributed by atoms with van der Waals surface area (Å²) in [6.07, 6.45) is 16.8. The van der Waals surface area contributed by atoms with Crippen molar-refractivity contribution in [3.8, 4) is 23.7 Å². The minimum absolute atomic E-state index is 0.107. The van der Waals surface area contributed by atoms with Crippen molar-refractivity contribution in [2.75, 3.05) is 0 Å². The lowest BCUT2D eigenvalue weighted by Gasteiger charge is -2.04. The number of aromatic nitrogens is 4. The van der Waals surface area contributed by atoms with Crippen LogP contribution in [0.5, 0.6) is 0 Å². The van der Waals surface area contributed by atoms with E-state index in [4.69, 9.17) is 9.97 Å². The minimum atomic E-state index is -0.114. The van der Waals surface area contributed by atoms with Crippen LogP contribution in [0, 0.1) is 23.7 Å². The third-order valence-corrected chi connectivity index (χ3v) is 12.6. The van der Waals surface area contributed by atoms with Crippen LogP contribution < -0.4 is 11.1 Å². The van der Waals surface area contributed by atoms with Crippen LogP contribution in [0.3, 0.4) is 0 Å². The maximum atomic E-state index is 14.2. The quantitative estimate of drug-likeness (QED) is 0.0722. The Morgan fingerprint density at radius 3 is 1.71 bits per heavy atom. The third kappa shape index (κ3) is 5.66. The van der Waals surface area contributed by atoms with Crippen LogP contribution in [0.1, 0.15) is 113 Å². The van der Waals surface area contributed by atoms with Crippen LogP contribution in [0.15, 0.2) is 33.9 Å². The number of unbranched alkanes of at least 4 members (excludes halogenated alkanes) is 12. The average molecular weight is 703 g/mol. The molecule has 49 heavy (non-hydrogen) atoms. The van der Waals surface area contributed by atoms with E-state index in [9.17, 15) is 9.59 Å². The standard InChI is InChI=1S/C40H38N4O2S3/c1-3-5-7-9-11-13-15-17-19-25-23-29-37(47-25)41-35-27-21-22-28-32-31(27)34(40(46)43(29)35)49-33(32)36-42-38-30(44(36)39(28)45)24-26(48-38)20-18-16-14-12-10-8-6-4-2/h21-24H,3-16H2,1-2H3. The van der Waals surface area contributed by atoms with E-state index in [1.165, 1.54) is 98.2 Å². The number of benzene rings is 1. The van der Waals surface area contributed by atoms with Crippen LogP contribution in [0.4, 0.5) is 0 Å². The first-order chi connectivity index (χ1) is 24.1. The molecule has 0 aliphatic rings. The van der Waals surface area contributed by atoms with Crippen molar-refractivity contribution in [3.63, 3.8) is 0 Å². The molecule has 8 rings (SSSR count). The Morgan fingerprint density at radius 1 is 0.592 bits per heavy atom. The first-order valence-corrected chi connectivity index (χ1v) is 20.3. The zero-order valence-corrected chi connectivity index (χ0v) is 30.5. The Morgan fingerprint density at radius 2 is 1.10 bits per heavy atom. The second kappa shape index (κ2) is 13.7. The van der Waals surface area contributed by atoms with Gasteiger partial charge in [0.25, 0.3) is 11.1 Å². The van der Waals surface area contributed by atoms with Crippen molar-refractivity contribution in [1.29, 1.82) is 0 Å². The molecule has 0 saturated heterocycles. The zero-order chi connectivity index (χ0) is 33.5. The number of rotatable bonds is 12. The molecule has 0 aliphatic carbocycles. The van der Waals surface area contributed by atoms with E-state index in [0.717, 1.165) is 77.0 Å². The van der Waals surface area contributed by atoms with Gasteiger partial charge in [0.15, 0.2) is 5.65 Å². The second-order valence-corrected chi connectivity index (χ2v) is 16.1. The van der Waals surface area contributed by atoms with E-state index < -0.39 is 0 Å². The van der Waals surface area contributed by atoms with Gasteiger partial charge in [0.1, 0.15) is 20.0 Å². The molecule has 0 saturated carbocycles. The molecule has 9 heteroatoms. The van der Waals surface area contributed by atoms with Crippen LogP contribution in [0.2, 0.25) is 0 Å². The summed E-state index contributed by atoms with van der Waals surface area (Å²) >= 11 is 4.50. The minimum Gasteiger partial charge on any atom is -0.268 e. The Bertz CT molecular complexity index is 2720. The van der Waals surface area contributed by atoms with E-state index in [1.807, 2.05) is 24.3 Å². The van der Waals surface area contributed by atoms with Gasteiger partial charge in [-0.2, -0.15) is 0 Å². The smallest absolute Gasteiger partial charge is 0.268 e. The van der Waals surface area contributed by atoms with Gasteiger partial charge in [-0.25, -0.2) is 9.97 Å². The van der Waals surface area contributed by atoms with Crippen LogP contribution >= 0.6 is 34.0 Å². The number of nitrogens with zero attached hydrogens (tertiary/aromatic N) is 4. The highest BCUT2D eigenvalue weighted by molar-refractivity contribution is 7.27. The van der Waals surface area contributed by atoms with Gasteiger partial charge in [0, 0.05) is 34.4 Å². The van der Waals surface area contributed by atoms with Gasteiger partial charge in [-0.3, -0.25) is 18.4 Å². The largest absolute Gasteiger partial charge is 0.274 e. The summed E-state index contributed by atoms with van der Waals surface area (Å²) < 4.78 is 4.95. The molecule has 0 atom stereocenters. The van der Waals surface area contributed by atoms with E-state index >= 15 is 0 Å². The second-order valence-electron chi connectivity index (χ2n) is 13.1. The monoisotopic (exact) mass is 702 g/mol. The fourth-order valence-electron chi connectivity index (χ4n) is 7.07. The first kappa shape index (κ1) is 32.2. The summed E-state index contributed by atoms with van der Waals surface area (Å²) in [7, 11) is 0. The molecule has 248 valence electrons. The van der Waals surface area contributed by atoms with Crippen molar-refractivity contribution in [2.24, 2.45) is 0 Å². The summed E-state index contributed by atoms with van der Waals surface area (Å²) in [5, 5.41) is 3.12. The zero-order valence-electron chi connectivity index (χ0n) is 28.0. The topological polar surface area (TPSA) is 68.7 Å². The molecule has 6 nitrogen and oxygen atoms in total. The normalized spacial score (nSPS) is 12.0. The SMILES string of the molecule is CCCCCCCCC#Cc1cc2c(nc3c4ccc5c(=O)n6c7cc(C#CCCCCCCCC)sc7nc6c6sc(c(=O)n23)c4c56)s1. The maximum Gasteiger partial charge on any atom is 0.274 e. The molecule has 0 spiro atoms. The lowest BCUT2D eigenvalue weighted by Crippen LogP contribution is -2.13. The number of fused-ring (bicyclic) bond motifs is 8. The van der Waals surface area contributed by atoms with E-state index in [-0.39, 0.29) is 11.1 Å². The highest BCUT2D eigenvalue weighted by Gasteiger charge is 2.25. The Kier molecular flexibility index (Phi) is 9.01. The number of hydrogen-bond acceptors (Lipinski definition) is 7. The molecule has 0 N–H and O–H groups in total. The number of pyridine rings is 2. The highest BCUT2D eigenvalue weighted by atomic mass is 32.1. The lowest BCUT2D eigenvalue weighted by molar-refractivity contribution is 0.614. The van der Waals surface area contributed by atoms with Crippen molar-refractivity contribution in [2.45, 2.75) is 104 Å². The van der Waals surface area contributed by atoms with Gasteiger partial charge >= 0.3 is 0 Å². The number of imidazole rings is 2. The molecule has 8 aromatic rings. The van der Waals surface area contributed by atoms with Gasteiger partial charge in [0.05, 0.1) is 25.5 Å². The van der Waals surface area contributed by atoms with E-state index in [2.05, 4.69) is 37.5 Å². The lowest BCUT2D eigenvalue weighted by atomic mass is 10.0. The summed E-state index contributed by atoms with van der Waals surface area (Å²) in [5.74, 6) is 13.3. The molecule has 7 heterocycles. The summed E-state index contributed by atoms with van der Waals surface area (Å²) in [6.45, 7) is 4.48. The van der Waals surface area contributed by atoms with Gasteiger partial charge in [0.2, 0.25) is 0 Å². The average Bonchev–Trinajstić information content (AvgIpc) is 3.91. The van der Waals surface area contributed by atoms with Gasteiger partial charge in [-0.15, -0.1) is 34.0 Å². The molecule has 0 fully saturated rings.